The summed E-state index contributed by atoms with van der Waals surface area (Å²) in [4.78, 5) is 25.3. The normalized spacial score (nSPS) is 24.5. The third-order valence-electron chi connectivity index (χ3n) is 11.6. The van der Waals surface area contributed by atoms with Crippen LogP contribution in [0, 0.1) is 29.1 Å². The average molecular weight is 657 g/mol. The van der Waals surface area contributed by atoms with Gasteiger partial charge in [0.25, 0.3) is 0 Å². The summed E-state index contributed by atoms with van der Waals surface area (Å²) < 4.78 is 41.4. The standard InChI is InChI=1S/C36H39F3N8O/c1-23-25(4-6-30-27(23)12-26(14-40)47(30)21-34-16-35(17-34,18-34)44-32(48)41-2)15-45-9-7-33(8-10-45)19-46(20-33)31-28-11-24(13-36(37,38)39)3-5-29(28)42-22-43-31/h3-6,11-12,22H,7-10,13,15-21H2,1-2H3,(H2,41,44,48). The van der Waals surface area contributed by atoms with Gasteiger partial charge in [-0.2, -0.15) is 18.4 Å². The Morgan fingerprint density at radius 2 is 1.79 bits per heavy atom. The molecule has 4 heterocycles. The Bertz CT molecular complexity index is 1960. The number of hydrogen-bond acceptors (Lipinski definition) is 6. The molecule has 5 aliphatic rings. The van der Waals surface area contributed by atoms with E-state index in [-0.39, 0.29) is 28.0 Å². The van der Waals surface area contributed by atoms with Crippen molar-refractivity contribution in [1.82, 2.24) is 30.1 Å². The molecule has 1 spiro atoms. The van der Waals surface area contributed by atoms with Gasteiger partial charge < -0.3 is 20.1 Å². The van der Waals surface area contributed by atoms with Crippen molar-refractivity contribution in [3.8, 4) is 6.07 Å². The summed E-state index contributed by atoms with van der Waals surface area (Å²) in [6.07, 6.45) is 1.22. The molecule has 12 heteroatoms. The SMILES string of the molecule is CNC(=O)NC12CC(Cn3c(C#N)cc4c(C)c(CN5CCC6(CC5)CN(c5ncnc7ccc(CC(F)(F)F)cc57)C6)ccc43)(C1)C2. The molecular formula is C36H39F3N8O. The number of benzene rings is 2. The molecule has 5 fully saturated rings. The first kappa shape index (κ1) is 30.9. The molecule has 0 atom stereocenters. The molecule has 4 aromatic rings. The van der Waals surface area contributed by atoms with E-state index in [1.807, 2.05) is 6.07 Å². The Kier molecular flexibility index (Phi) is 6.97. The van der Waals surface area contributed by atoms with E-state index in [1.165, 1.54) is 23.5 Å². The predicted molar refractivity (Wildman–Crippen MR) is 176 cm³/mol. The van der Waals surface area contributed by atoms with Crippen LogP contribution >= 0.6 is 0 Å². The fourth-order valence-electron chi connectivity index (χ4n) is 9.23. The number of aromatic nitrogens is 3. The average Bonchev–Trinajstić information content (AvgIpc) is 3.37. The van der Waals surface area contributed by atoms with E-state index in [2.05, 4.69) is 60.1 Å². The third-order valence-corrected chi connectivity index (χ3v) is 11.6. The van der Waals surface area contributed by atoms with Crippen LogP contribution in [0.4, 0.5) is 23.8 Å². The summed E-state index contributed by atoms with van der Waals surface area (Å²) in [5.41, 5.74) is 5.40. The minimum atomic E-state index is -4.26. The van der Waals surface area contributed by atoms with Gasteiger partial charge in [0.2, 0.25) is 0 Å². The first-order valence-electron chi connectivity index (χ1n) is 16.7. The van der Waals surface area contributed by atoms with Gasteiger partial charge in [-0.05, 0) is 98.5 Å². The van der Waals surface area contributed by atoms with Crippen molar-refractivity contribution < 1.29 is 18.0 Å². The number of carbonyl (C=O) groups is 1. The lowest BCUT2D eigenvalue weighted by atomic mass is 9.39. The molecule has 2 bridgehead atoms. The summed E-state index contributed by atoms with van der Waals surface area (Å²) in [6.45, 7) is 7.44. The van der Waals surface area contributed by atoms with E-state index in [0.717, 1.165) is 88.1 Å². The number of nitriles is 1. The third kappa shape index (κ3) is 5.23. The molecule has 0 radical (unpaired) electrons. The van der Waals surface area contributed by atoms with Crippen molar-refractivity contribution in [2.24, 2.45) is 10.8 Å². The second-order valence-corrected chi connectivity index (χ2v) is 15.0. The van der Waals surface area contributed by atoms with Crippen LogP contribution in [0.5, 0.6) is 0 Å². The Morgan fingerprint density at radius 3 is 2.48 bits per heavy atom. The van der Waals surface area contributed by atoms with Crippen LogP contribution in [-0.2, 0) is 19.5 Å². The quantitative estimate of drug-likeness (QED) is 0.260. The van der Waals surface area contributed by atoms with Crippen molar-refractivity contribution >= 4 is 33.7 Å². The molecule has 48 heavy (non-hydrogen) atoms. The lowest BCUT2D eigenvalue weighted by molar-refractivity contribution is -0.155. The van der Waals surface area contributed by atoms with Crippen molar-refractivity contribution in [1.29, 1.82) is 5.26 Å². The molecule has 0 unspecified atom stereocenters. The minimum Gasteiger partial charge on any atom is -0.355 e. The predicted octanol–water partition coefficient (Wildman–Crippen LogP) is 5.82. The number of fused-ring (bicyclic) bond motifs is 2. The lowest BCUT2D eigenvalue weighted by Crippen LogP contribution is -2.76. The van der Waals surface area contributed by atoms with Gasteiger partial charge in [-0.15, -0.1) is 0 Å². The first-order valence-corrected chi connectivity index (χ1v) is 16.7. The van der Waals surface area contributed by atoms with Crippen LogP contribution in [0.3, 0.4) is 0 Å². The molecule has 2 saturated heterocycles. The Balaban J connectivity index is 0.908. The van der Waals surface area contributed by atoms with Crippen LogP contribution < -0.4 is 15.5 Å². The zero-order valence-corrected chi connectivity index (χ0v) is 27.3. The summed E-state index contributed by atoms with van der Waals surface area (Å²) >= 11 is 0. The van der Waals surface area contributed by atoms with Gasteiger partial charge in [0.1, 0.15) is 23.9 Å². The zero-order chi connectivity index (χ0) is 33.5. The first-order chi connectivity index (χ1) is 22.9. The number of halogens is 3. The Morgan fingerprint density at radius 1 is 1.04 bits per heavy atom. The highest BCUT2D eigenvalue weighted by Gasteiger charge is 2.68. The number of nitrogens with one attached hydrogen (secondary N) is 2. The number of carbonyl (C=O) groups excluding carboxylic acids is 1. The number of nitrogens with zero attached hydrogens (tertiary/aromatic N) is 6. The number of rotatable bonds is 7. The highest BCUT2D eigenvalue weighted by atomic mass is 19.4. The molecule has 3 aliphatic carbocycles. The fourth-order valence-corrected chi connectivity index (χ4v) is 9.23. The maximum atomic E-state index is 13.1. The van der Waals surface area contributed by atoms with Gasteiger partial charge in [-0.25, -0.2) is 14.8 Å². The summed E-state index contributed by atoms with van der Waals surface area (Å²) in [7, 11) is 1.64. The Labute approximate surface area is 277 Å². The second kappa shape index (κ2) is 10.8. The fraction of sp³-hybridized carbons (Fsp3) is 0.500. The number of hydrogen-bond donors (Lipinski definition) is 2. The van der Waals surface area contributed by atoms with Crippen molar-refractivity contribution in [2.45, 2.75) is 70.3 Å². The van der Waals surface area contributed by atoms with Crippen LogP contribution in [0.2, 0.25) is 0 Å². The molecule has 2 aliphatic heterocycles. The summed E-state index contributed by atoms with van der Waals surface area (Å²) in [5.74, 6) is 0.721. The molecular weight excluding hydrogens is 617 g/mol. The van der Waals surface area contributed by atoms with E-state index in [4.69, 9.17) is 0 Å². The number of piperidine rings is 1. The van der Waals surface area contributed by atoms with Crippen molar-refractivity contribution in [2.75, 3.05) is 38.1 Å². The smallest absolute Gasteiger partial charge is 0.355 e. The number of aryl methyl sites for hydroxylation is 1. The maximum absolute atomic E-state index is 13.1. The molecule has 9 nitrogen and oxygen atoms in total. The zero-order valence-electron chi connectivity index (χ0n) is 27.3. The number of amides is 2. The van der Waals surface area contributed by atoms with Gasteiger partial charge in [0.15, 0.2) is 0 Å². The summed E-state index contributed by atoms with van der Waals surface area (Å²) in [5, 5.41) is 17.6. The lowest BCUT2D eigenvalue weighted by Gasteiger charge is -2.70. The van der Waals surface area contributed by atoms with Crippen LogP contribution in [0.25, 0.3) is 21.8 Å². The number of urea groups is 1. The van der Waals surface area contributed by atoms with Gasteiger partial charge >= 0.3 is 12.2 Å². The van der Waals surface area contributed by atoms with Gasteiger partial charge in [0, 0.05) is 60.5 Å². The van der Waals surface area contributed by atoms with Crippen molar-refractivity contribution in [3.05, 3.63) is 65.1 Å². The monoisotopic (exact) mass is 656 g/mol. The topological polar surface area (TPSA) is 102 Å². The van der Waals surface area contributed by atoms with Crippen LogP contribution in [0.1, 0.15) is 54.5 Å². The van der Waals surface area contributed by atoms with Gasteiger partial charge in [0.05, 0.1) is 11.9 Å². The van der Waals surface area contributed by atoms with E-state index < -0.39 is 12.6 Å². The number of likely N-dealkylation sites (tertiary alicyclic amines) is 1. The molecule has 2 N–H and O–H groups in total. The molecule has 250 valence electrons. The maximum Gasteiger partial charge on any atom is 0.393 e. The number of alkyl halides is 3. The highest BCUT2D eigenvalue weighted by molar-refractivity contribution is 5.90. The largest absolute Gasteiger partial charge is 0.393 e. The van der Waals surface area contributed by atoms with Gasteiger partial charge in [-0.3, -0.25) is 4.90 Å². The van der Waals surface area contributed by atoms with E-state index >= 15 is 0 Å². The van der Waals surface area contributed by atoms with E-state index in [1.54, 1.807) is 19.2 Å². The molecule has 2 amide bonds. The van der Waals surface area contributed by atoms with Crippen LogP contribution in [0.15, 0.2) is 42.7 Å². The van der Waals surface area contributed by atoms with E-state index in [9.17, 15) is 23.2 Å². The molecule has 3 saturated carbocycles. The van der Waals surface area contributed by atoms with Gasteiger partial charge in [-0.1, -0.05) is 12.1 Å². The van der Waals surface area contributed by atoms with Crippen LogP contribution in [-0.4, -0.2) is 70.4 Å². The second-order valence-electron chi connectivity index (χ2n) is 15.0. The molecule has 2 aromatic heterocycles. The highest BCUT2D eigenvalue weighted by Crippen LogP contribution is 2.68. The molecule has 2 aromatic carbocycles. The van der Waals surface area contributed by atoms with E-state index in [0.29, 0.717) is 16.6 Å². The summed E-state index contributed by atoms with van der Waals surface area (Å²) in [6, 6.07) is 13.5. The minimum absolute atomic E-state index is 0.0856. The van der Waals surface area contributed by atoms with Crippen molar-refractivity contribution in [3.63, 3.8) is 0 Å². The molecule has 9 rings (SSSR count). The Hall–Kier alpha value is -4.37. The number of anilines is 1.